The van der Waals surface area contributed by atoms with Gasteiger partial charge in [-0.15, -0.1) is 0 Å². The van der Waals surface area contributed by atoms with Crippen molar-refractivity contribution in [2.75, 3.05) is 6.54 Å². The Morgan fingerprint density at radius 1 is 1.31 bits per heavy atom. The summed E-state index contributed by atoms with van der Waals surface area (Å²) < 4.78 is 13.9. The molecule has 1 fully saturated rings. The van der Waals surface area contributed by atoms with Crippen LogP contribution in [0, 0.1) is 5.82 Å². The van der Waals surface area contributed by atoms with E-state index in [1.54, 1.807) is 12.1 Å². The summed E-state index contributed by atoms with van der Waals surface area (Å²) in [6, 6.07) is 4.84. The summed E-state index contributed by atoms with van der Waals surface area (Å²) >= 11 is 0. The fraction of sp³-hybridized carbons (Fsp3) is 0.538. The quantitative estimate of drug-likeness (QED) is 0.824. The number of hydrogen-bond acceptors (Lipinski definition) is 2. The normalized spacial score (nSPS) is 18.9. The lowest BCUT2D eigenvalue weighted by Crippen LogP contribution is -2.33. The van der Waals surface area contributed by atoms with E-state index >= 15 is 0 Å². The second-order valence-corrected chi connectivity index (χ2v) is 4.66. The van der Waals surface area contributed by atoms with Crippen LogP contribution in [0.1, 0.15) is 36.8 Å². The minimum absolute atomic E-state index is 0.0477. The van der Waals surface area contributed by atoms with Gasteiger partial charge in [-0.3, -0.25) is 0 Å². The van der Waals surface area contributed by atoms with Gasteiger partial charge in [0, 0.05) is 12.0 Å². The first kappa shape index (κ1) is 11.6. The summed E-state index contributed by atoms with van der Waals surface area (Å²) in [5.41, 5.74) is 7.09. The van der Waals surface area contributed by atoms with Crippen molar-refractivity contribution >= 4 is 0 Å². The summed E-state index contributed by atoms with van der Waals surface area (Å²) in [6.45, 7) is 0.437. The van der Waals surface area contributed by atoms with E-state index in [0.29, 0.717) is 12.1 Å². The SMILES string of the molecule is NCC1(c2cc(CO)ccc2F)CCCC1. The first-order valence-electron chi connectivity index (χ1n) is 5.82. The molecule has 0 atom stereocenters. The van der Waals surface area contributed by atoms with Crippen molar-refractivity contribution in [1.82, 2.24) is 0 Å². The van der Waals surface area contributed by atoms with E-state index in [1.165, 1.54) is 6.07 Å². The second kappa shape index (κ2) is 4.52. The van der Waals surface area contributed by atoms with Crippen molar-refractivity contribution in [3.05, 3.63) is 35.1 Å². The fourth-order valence-electron chi connectivity index (χ4n) is 2.71. The molecule has 0 bridgehead atoms. The zero-order chi connectivity index (χ0) is 11.6. The molecule has 2 nitrogen and oxygen atoms in total. The van der Waals surface area contributed by atoms with E-state index in [4.69, 9.17) is 10.8 Å². The lowest BCUT2D eigenvalue weighted by atomic mass is 9.78. The molecule has 16 heavy (non-hydrogen) atoms. The van der Waals surface area contributed by atoms with Crippen LogP contribution in [0.4, 0.5) is 4.39 Å². The van der Waals surface area contributed by atoms with Crippen LogP contribution in [0.5, 0.6) is 0 Å². The van der Waals surface area contributed by atoms with Crippen LogP contribution in [0.15, 0.2) is 18.2 Å². The third kappa shape index (κ3) is 1.85. The molecule has 0 spiro atoms. The van der Waals surface area contributed by atoms with Gasteiger partial charge in [0.15, 0.2) is 0 Å². The Labute approximate surface area is 95.3 Å². The average molecular weight is 223 g/mol. The van der Waals surface area contributed by atoms with Crippen molar-refractivity contribution in [2.45, 2.75) is 37.7 Å². The van der Waals surface area contributed by atoms with Crippen LogP contribution in [0.2, 0.25) is 0 Å². The van der Waals surface area contributed by atoms with E-state index < -0.39 is 0 Å². The summed E-state index contributed by atoms with van der Waals surface area (Å²) in [7, 11) is 0. The van der Waals surface area contributed by atoms with Crippen molar-refractivity contribution in [1.29, 1.82) is 0 Å². The number of rotatable bonds is 3. The number of benzene rings is 1. The number of nitrogens with two attached hydrogens (primary N) is 1. The summed E-state index contributed by atoms with van der Waals surface area (Å²) in [4.78, 5) is 0. The van der Waals surface area contributed by atoms with E-state index in [1.807, 2.05) is 0 Å². The maximum Gasteiger partial charge on any atom is 0.127 e. The van der Waals surface area contributed by atoms with Gasteiger partial charge in [0.1, 0.15) is 5.82 Å². The Morgan fingerprint density at radius 3 is 2.56 bits per heavy atom. The molecular formula is C13H18FNO. The van der Waals surface area contributed by atoms with Crippen molar-refractivity contribution in [3.8, 4) is 0 Å². The van der Waals surface area contributed by atoms with Crippen LogP contribution in [-0.4, -0.2) is 11.7 Å². The van der Waals surface area contributed by atoms with E-state index in [2.05, 4.69) is 0 Å². The molecule has 0 heterocycles. The molecule has 0 aliphatic heterocycles. The molecule has 1 aliphatic carbocycles. The van der Waals surface area contributed by atoms with Gasteiger partial charge in [0.2, 0.25) is 0 Å². The third-order valence-corrected chi connectivity index (χ3v) is 3.74. The molecule has 1 aromatic carbocycles. The predicted molar refractivity (Wildman–Crippen MR) is 61.5 cm³/mol. The molecule has 2 rings (SSSR count). The van der Waals surface area contributed by atoms with Gasteiger partial charge >= 0.3 is 0 Å². The number of hydrogen-bond donors (Lipinski definition) is 2. The first-order chi connectivity index (χ1) is 7.72. The molecular weight excluding hydrogens is 205 g/mol. The highest BCUT2D eigenvalue weighted by atomic mass is 19.1. The Bertz CT molecular complexity index is 372. The summed E-state index contributed by atoms with van der Waals surface area (Å²) in [5.74, 6) is -0.190. The van der Waals surface area contributed by atoms with E-state index in [0.717, 1.165) is 31.2 Å². The lowest BCUT2D eigenvalue weighted by molar-refractivity contribution is 0.281. The molecule has 0 unspecified atom stereocenters. The average Bonchev–Trinajstić information content (AvgIpc) is 2.79. The zero-order valence-electron chi connectivity index (χ0n) is 9.38. The molecule has 3 N–H and O–H groups in total. The van der Waals surface area contributed by atoms with Gasteiger partial charge in [0.05, 0.1) is 6.61 Å². The Hall–Kier alpha value is -0.930. The van der Waals surface area contributed by atoms with Crippen LogP contribution in [0.3, 0.4) is 0 Å². The maximum atomic E-state index is 13.9. The van der Waals surface area contributed by atoms with Crippen LogP contribution in [-0.2, 0) is 12.0 Å². The van der Waals surface area contributed by atoms with Gasteiger partial charge in [-0.05, 0) is 36.1 Å². The molecule has 1 saturated carbocycles. The molecule has 1 aliphatic rings. The monoisotopic (exact) mass is 223 g/mol. The smallest absolute Gasteiger partial charge is 0.127 e. The van der Waals surface area contributed by atoms with Gasteiger partial charge in [-0.2, -0.15) is 0 Å². The fourth-order valence-corrected chi connectivity index (χ4v) is 2.71. The first-order valence-corrected chi connectivity index (χ1v) is 5.82. The highest BCUT2D eigenvalue weighted by Crippen LogP contribution is 2.41. The minimum atomic E-state index is -0.199. The number of halogens is 1. The maximum absolute atomic E-state index is 13.9. The predicted octanol–water partition coefficient (Wildman–Crippen LogP) is 2.09. The summed E-state index contributed by atoms with van der Waals surface area (Å²) in [5, 5.41) is 9.10. The summed E-state index contributed by atoms with van der Waals surface area (Å²) in [6.07, 6.45) is 4.13. The highest BCUT2D eigenvalue weighted by Gasteiger charge is 2.36. The van der Waals surface area contributed by atoms with Crippen molar-refractivity contribution in [2.24, 2.45) is 5.73 Å². The third-order valence-electron chi connectivity index (χ3n) is 3.74. The van der Waals surface area contributed by atoms with Crippen molar-refractivity contribution < 1.29 is 9.50 Å². The highest BCUT2D eigenvalue weighted by molar-refractivity contribution is 5.33. The van der Waals surface area contributed by atoms with Crippen LogP contribution >= 0.6 is 0 Å². The Kier molecular flexibility index (Phi) is 3.26. The van der Waals surface area contributed by atoms with Gasteiger partial charge in [0.25, 0.3) is 0 Å². The minimum Gasteiger partial charge on any atom is -0.392 e. The molecule has 0 saturated heterocycles. The zero-order valence-corrected chi connectivity index (χ0v) is 9.38. The standard InChI is InChI=1S/C13H18FNO/c14-12-4-3-10(8-16)7-11(12)13(9-15)5-1-2-6-13/h3-4,7,16H,1-2,5-6,8-9,15H2. The van der Waals surface area contributed by atoms with Gasteiger partial charge in [-0.25, -0.2) is 4.39 Å². The molecule has 0 radical (unpaired) electrons. The largest absolute Gasteiger partial charge is 0.392 e. The molecule has 0 aromatic heterocycles. The lowest BCUT2D eigenvalue weighted by Gasteiger charge is -2.28. The Balaban J connectivity index is 2.44. The molecule has 0 amide bonds. The topological polar surface area (TPSA) is 46.2 Å². The Morgan fingerprint density at radius 2 is 2.00 bits per heavy atom. The molecule has 88 valence electrons. The number of aliphatic hydroxyl groups excluding tert-OH is 1. The van der Waals surface area contributed by atoms with E-state index in [9.17, 15) is 4.39 Å². The van der Waals surface area contributed by atoms with Crippen molar-refractivity contribution in [3.63, 3.8) is 0 Å². The van der Waals surface area contributed by atoms with Crippen LogP contribution < -0.4 is 5.73 Å². The van der Waals surface area contributed by atoms with Gasteiger partial charge in [-0.1, -0.05) is 18.9 Å². The van der Waals surface area contributed by atoms with E-state index in [-0.39, 0.29) is 17.8 Å². The van der Waals surface area contributed by atoms with Gasteiger partial charge < -0.3 is 10.8 Å². The van der Waals surface area contributed by atoms with Crippen LogP contribution in [0.25, 0.3) is 0 Å². The molecule has 3 heteroatoms. The second-order valence-electron chi connectivity index (χ2n) is 4.66. The molecule has 1 aromatic rings. The number of aliphatic hydroxyl groups is 1.